The Bertz CT molecular complexity index is 1240. The largest absolute Gasteiger partial charge is 0.465 e. The summed E-state index contributed by atoms with van der Waals surface area (Å²) in [6.07, 6.45) is 8.07. The minimum absolute atomic E-state index is 0.152. The molecule has 192 valence electrons. The van der Waals surface area contributed by atoms with Gasteiger partial charge in [-0.05, 0) is 43.2 Å². The average molecular weight is 545 g/mol. The zero-order valence-corrected chi connectivity index (χ0v) is 23.4. The maximum atomic E-state index is 13.0. The molecule has 10 heteroatoms. The molecular formula is C26H32N4O3S3. The molecular weight excluding hydrogens is 513 g/mol. The van der Waals surface area contributed by atoms with Gasteiger partial charge in [-0.25, -0.2) is 4.79 Å². The lowest BCUT2D eigenvalue weighted by Gasteiger charge is -2.11. The topological polar surface area (TPSA) is 86.1 Å². The Morgan fingerprint density at radius 1 is 1.25 bits per heavy atom. The molecule has 7 nitrogen and oxygen atoms in total. The van der Waals surface area contributed by atoms with Gasteiger partial charge in [-0.1, -0.05) is 44.5 Å². The first kappa shape index (κ1) is 26.6. The molecule has 1 N–H and O–H groups in total. The highest BCUT2D eigenvalue weighted by molar-refractivity contribution is 7.99. The van der Waals surface area contributed by atoms with E-state index in [0.29, 0.717) is 28.2 Å². The molecule has 0 radical (unpaired) electrons. The normalized spacial score (nSPS) is 13.7. The van der Waals surface area contributed by atoms with E-state index in [1.54, 1.807) is 17.4 Å². The third-order valence-electron chi connectivity index (χ3n) is 6.12. The summed E-state index contributed by atoms with van der Waals surface area (Å²) in [5, 5.41) is 15.1. The van der Waals surface area contributed by atoms with E-state index in [-0.39, 0.29) is 17.6 Å². The molecule has 3 aromatic rings. The number of amides is 1. The fourth-order valence-electron chi connectivity index (χ4n) is 4.29. The first-order valence-corrected chi connectivity index (χ1v) is 14.9. The second-order valence-electron chi connectivity index (χ2n) is 9.05. The van der Waals surface area contributed by atoms with Gasteiger partial charge in [0.25, 0.3) is 0 Å². The smallest absolute Gasteiger partial charge is 0.341 e. The number of esters is 1. The number of rotatable bonds is 9. The molecule has 0 aromatic carbocycles. The predicted octanol–water partition coefficient (Wildman–Crippen LogP) is 6.55. The Hall–Kier alpha value is -2.43. The van der Waals surface area contributed by atoms with Crippen LogP contribution in [0.3, 0.4) is 0 Å². The maximum absolute atomic E-state index is 13.0. The van der Waals surface area contributed by atoms with Crippen LogP contribution in [0.25, 0.3) is 11.4 Å². The lowest BCUT2D eigenvalue weighted by Crippen LogP contribution is -2.17. The number of fused-ring (bicyclic) bond motifs is 1. The van der Waals surface area contributed by atoms with Crippen molar-refractivity contribution < 1.29 is 14.3 Å². The zero-order chi connectivity index (χ0) is 25.7. The quantitative estimate of drug-likeness (QED) is 0.187. The molecule has 1 aliphatic rings. The van der Waals surface area contributed by atoms with E-state index in [2.05, 4.69) is 47.4 Å². The zero-order valence-electron chi connectivity index (χ0n) is 21.0. The van der Waals surface area contributed by atoms with Crippen LogP contribution < -0.4 is 5.32 Å². The van der Waals surface area contributed by atoms with Crippen LogP contribution in [0.15, 0.2) is 29.3 Å². The first-order valence-electron chi connectivity index (χ1n) is 12.2. The van der Waals surface area contributed by atoms with Gasteiger partial charge in [0, 0.05) is 27.2 Å². The third kappa shape index (κ3) is 5.92. The highest BCUT2D eigenvalue weighted by atomic mass is 32.2. The molecule has 0 aliphatic heterocycles. The van der Waals surface area contributed by atoms with Gasteiger partial charge >= 0.3 is 5.97 Å². The number of methoxy groups -OCH3 is 1. The summed E-state index contributed by atoms with van der Waals surface area (Å²) in [5.41, 5.74) is 2.59. The molecule has 4 rings (SSSR count). The number of allylic oxidation sites excluding steroid dienone is 1. The van der Waals surface area contributed by atoms with Crippen LogP contribution in [0.1, 0.15) is 71.1 Å². The summed E-state index contributed by atoms with van der Waals surface area (Å²) in [7, 11) is 1.39. The van der Waals surface area contributed by atoms with Crippen molar-refractivity contribution in [3.05, 3.63) is 45.0 Å². The van der Waals surface area contributed by atoms with Gasteiger partial charge in [-0.3, -0.25) is 9.36 Å². The number of nitrogens with one attached hydrogen (secondary N) is 1. The van der Waals surface area contributed by atoms with Gasteiger partial charge in [-0.15, -0.1) is 39.4 Å². The lowest BCUT2D eigenvalue weighted by molar-refractivity contribution is -0.113. The number of hydrogen-bond donors (Lipinski definition) is 1. The van der Waals surface area contributed by atoms with Crippen molar-refractivity contribution in [3.63, 3.8) is 0 Å². The number of thioether (sulfide) groups is 1. The lowest BCUT2D eigenvalue weighted by atomic mass is 9.96. The van der Waals surface area contributed by atoms with Gasteiger partial charge in [-0.2, -0.15) is 0 Å². The number of carbonyl (C=O) groups is 2. The number of carbonyl (C=O) groups excluding carboxylic acids is 2. The summed E-state index contributed by atoms with van der Waals surface area (Å²) in [5.74, 6) is 0.796. The Morgan fingerprint density at radius 3 is 2.72 bits per heavy atom. The SMILES string of the molecule is C=CCn1c(SCC(=O)Nc2sc3c(c2C(=O)OC)CCCCCC3)nnc1-c1csc(C(C)C)c1. The number of aromatic nitrogens is 3. The average Bonchev–Trinajstić information content (AvgIpc) is 3.55. The van der Waals surface area contributed by atoms with Crippen LogP contribution >= 0.6 is 34.4 Å². The fourth-order valence-corrected chi connectivity index (χ4v) is 7.24. The predicted molar refractivity (Wildman–Crippen MR) is 149 cm³/mol. The van der Waals surface area contributed by atoms with Crippen LogP contribution in [-0.2, 0) is 28.9 Å². The Labute approximate surface area is 224 Å². The van der Waals surface area contributed by atoms with E-state index in [4.69, 9.17) is 4.74 Å². The molecule has 0 saturated carbocycles. The Morgan fingerprint density at radius 2 is 2.03 bits per heavy atom. The molecule has 1 aliphatic carbocycles. The number of ether oxygens (including phenoxy) is 1. The standard InChI is InChI=1S/C26H32N4O3S3/c1-5-12-30-23(17-13-20(16(2)3)34-14-17)28-29-26(30)35-15-21(31)27-24-22(25(32)33-4)18-10-8-6-7-9-11-19(18)36-24/h5,13-14,16H,1,6-12,15H2,2-4H3,(H,27,31). The van der Waals surface area contributed by atoms with Crippen LogP contribution in [0, 0.1) is 0 Å². The highest BCUT2D eigenvalue weighted by Gasteiger charge is 2.26. The number of hydrogen-bond acceptors (Lipinski definition) is 8. The third-order valence-corrected chi connectivity index (χ3v) is 9.53. The van der Waals surface area contributed by atoms with E-state index < -0.39 is 0 Å². The Balaban J connectivity index is 1.50. The molecule has 1 amide bonds. The van der Waals surface area contributed by atoms with Crippen LogP contribution in [0.2, 0.25) is 0 Å². The number of thiophene rings is 2. The molecule has 36 heavy (non-hydrogen) atoms. The summed E-state index contributed by atoms with van der Waals surface area (Å²) in [6.45, 7) is 8.75. The van der Waals surface area contributed by atoms with Crippen LogP contribution in [-0.4, -0.2) is 39.5 Å². The maximum Gasteiger partial charge on any atom is 0.341 e. The van der Waals surface area contributed by atoms with E-state index in [1.807, 2.05) is 4.57 Å². The molecule has 0 unspecified atom stereocenters. The van der Waals surface area contributed by atoms with Crippen molar-refractivity contribution in [2.75, 3.05) is 18.2 Å². The molecule has 0 bridgehead atoms. The highest BCUT2D eigenvalue weighted by Crippen LogP contribution is 2.38. The molecule has 3 heterocycles. The number of nitrogens with zero attached hydrogens (tertiary/aromatic N) is 3. The van der Waals surface area contributed by atoms with Crippen LogP contribution in [0.4, 0.5) is 5.00 Å². The van der Waals surface area contributed by atoms with Gasteiger partial charge in [0.05, 0.1) is 18.4 Å². The molecule has 3 aromatic heterocycles. The van der Waals surface area contributed by atoms with Crippen molar-refractivity contribution in [1.82, 2.24) is 14.8 Å². The first-order chi connectivity index (χ1) is 17.4. The van der Waals surface area contributed by atoms with E-state index >= 15 is 0 Å². The fraction of sp³-hybridized carbons (Fsp3) is 0.462. The number of anilines is 1. The van der Waals surface area contributed by atoms with E-state index in [1.165, 1.54) is 46.4 Å². The summed E-state index contributed by atoms with van der Waals surface area (Å²) in [6, 6.07) is 2.15. The summed E-state index contributed by atoms with van der Waals surface area (Å²) < 4.78 is 7.05. The Kier molecular flexibility index (Phi) is 9.03. The van der Waals surface area contributed by atoms with Gasteiger partial charge in [0.1, 0.15) is 5.00 Å². The van der Waals surface area contributed by atoms with Crippen molar-refractivity contribution in [2.24, 2.45) is 0 Å². The van der Waals surface area contributed by atoms with Crippen molar-refractivity contribution in [3.8, 4) is 11.4 Å². The minimum Gasteiger partial charge on any atom is -0.465 e. The van der Waals surface area contributed by atoms with E-state index in [9.17, 15) is 9.59 Å². The van der Waals surface area contributed by atoms with Gasteiger partial charge in [0.2, 0.25) is 5.91 Å². The monoisotopic (exact) mass is 544 g/mol. The molecule has 0 fully saturated rings. The summed E-state index contributed by atoms with van der Waals surface area (Å²) in [4.78, 5) is 28.1. The molecule has 0 saturated heterocycles. The second-order valence-corrected chi connectivity index (χ2v) is 12.0. The van der Waals surface area contributed by atoms with Crippen molar-refractivity contribution >= 4 is 51.3 Å². The summed E-state index contributed by atoms with van der Waals surface area (Å²) >= 11 is 4.55. The van der Waals surface area contributed by atoms with E-state index in [0.717, 1.165) is 49.1 Å². The molecule has 0 atom stereocenters. The van der Waals surface area contributed by atoms with Gasteiger partial charge < -0.3 is 10.1 Å². The van der Waals surface area contributed by atoms with Crippen molar-refractivity contribution in [1.29, 1.82) is 0 Å². The van der Waals surface area contributed by atoms with Crippen molar-refractivity contribution in [2.45, 2.75) is 70.0 Å². The second kappa shape index (κ2) is 12.2. The van der Waals surface area contributed by atoms with Gasteiger partial charge in [0.15, 0.2) is 11.0 Å². The minimum atomic E-state index is -0.386. The molecule has 0 spiro atoms. The number of aryl methyl sites for hydroxylation is 1. The van der Waals surface area contributed by atoms with Crippen LogP contribution in [0.5, 0.6) is 0 Å².